The molecule has 0 bridgehead atoms. The number of amides is 2. The molecule has 1 aromatic heterocycles. The van der Waals surface area contributed by atoms with Gasteiger partial charge in [0.1, 0.15) is 24.5 Å². The number of ether oxygens (including phenoxy) is 1. The summed E-state index contributed by atoms with van der Waals surface area (Å²) in [5.41, 5.74) is 2.49. The largest absolute Gasteiger partial charge is 0.489 e. The van der Waals surface area contributed by atoms with Gasteiger partial charge in [-0.2, -0.15) is 0 Å². The molecule has 3 rings (SSSR count). The van der Waals surface area contributed by atoms with Crippen LogP contribution in [0.1, 0.15) is 51.7 Å². The highest BCUT2D eigenvalue weighted by Gasteiger charge is 2.32. The molecule has 3 N–H and O–H groups in total. The number of benzene rings is 2. The zero-order chi connectivity index (χ0) is 26.3. The Balaban J connectivity index is 1.73. The van der Waals surface area contributed by atoms with E-state index in [0.717, 1.165) is 27.3 Å². The maximum absolute atomic E-state index is 13.0. The van der Waals surface area contributed by atoms with Crippen molar-refractivity contribution >= 4 is 28.3 Å². The van der Waals surface area contributed by atoms with Crippen LogP contribution in [0.2, 0.25) is 0 Å². The molecule has 36 heavy (non-hydrogen) atoms. The molecule has 8 heteroatoms. The lowest BCUT2D eigenvalue weighted by molar-refractivity contribution is -0.137. The molecule has 2 atom stereocenters. The Hall–Kier alpha value is -3.23. The van der Waals surface area contributed by atoms with E-state index in [-0.39, 0.29) is 5.91 Å². The Morgan fingerprint density at radius 2 is 1.83 bits per heavy atom. The number of aryl methyl sites for hydroxylation is 1. The summed E-state index contributed by atoms with van der Waals surface area (Å²) < 4.78 is 5.96. The number of hydrogen-bond donors (Lipinski definition) is 3. The van der Waals surface area contributed by atoms with E-state index < -0.39 is 23.5 Å². The molecule has 0 saturated heterocycles. The summed E-state index contributed by atoms with van der Waals surface area (Å²) in [6.07, 6.45) is 1.67. The number of aliphatic hydroxyl groups excluding tert-OH is 1. The van der Waals surface area contributed by atoms with E-state index in [1.54, 1.807) is 27.0 Å². The van der Waals surface area contributed by atoms with Gasteiger partial charge in [0.25, 0.3) is 0 Å². The molecule has 0 aliphatic carbocycles. The molecule has 1 heterocycles. The van der Waals surface area contributed by atoms with Crippen molar-refractivity contribution < 1.29 is 19.4 Å². The van der Waals surface area contributed by atoms with Crippen LogP contribution in [0.15, 0.2) is 54.7 Å². The zero-order valence-corrected chi connectivity index (χ0v) is 22.3. The second kappa shape index (κ2) is 12.1. The molecule has 0 fully saturated rings. The van der Waals surface area contributed by atoms with Gasteiger partial charge >= 0.3 is 0 Å². The van der Waals surface area contributed by atoms with Gasteiger partial charge in [0.15, 0.2) is 5.13 Å². The Kier molecular flexibility index (Phi) is 9.23. The molecule has 7 nitrogen and oxygen atoms in total. The van der Waals surface area contributed by atoms with Crippen molar-refractivity contribution in [1.29, 1.82) is 0 Å². The predicted molar refractivity (Wildman–Crippen MR) is 144 cm³/mol. The quantitative estimate of drug-likeness (QED) is 0.343. The van der Waals surface area contributed by atoms with Crippen molar-refractivity contribution in [3.63, 3.8) is 0 Å². The van der Waals surface area contributed by atoms with Gasteiger partial charge < -0.3 is 20.5 Å². The fraction of sp³-hybridized carbons (Fsp3) is 0.393. The zero-order valence-electron chi connectivity index (χ0n) is 21.5. The number of carbonyl (C=O) groups excluding carboxylic acids is 2. The second-order valence-electron chi connectivity index (χ2n) is 9.90. The van der Waals surface area contributed by atoms with Crippen LogP contribution < -0.4 is 15.4 Å². The SMILES string of the molecule is CCC[C@H](NC(=O)[C@@H](O)C(C)(C)C)C(=O)Nc1ncc(-c2cc(C)ccc2COc2ccccc2)s1. The minimum Gasteiger partial charge on any atom is -0.489 e. The number of hydrogen-bond acceptors (Lipinski definition) is 6. The topological polar surface area (TPSA) is 101 Å². The maximum atomic E-state index is 13.0. The van der Waals surface area contributed by atoms with Gasteiger partial charge in [-0.3, -0.25) is 9.59 Å². The molecule has 192 valence electrons. The minimum absolute atomic E-state index is 0.357. The first kappa shape index (κ1) is 27.4. The highest BCUT2D eigenvalue weighted by molar-refractivity contribution is 7.19. The summed E-state index contributed by atoms with van der Waals surface area (Å²) in [5, 5.41) is 16.2. The molecule has 0 saturated carbocycles. The fourth-order valence-corrected chi connectivity index (χ4v) is 4.44. The molecule has 0 aliphatic rings. The lowest BCUT2D eigenvalue weighted by atomic mass is 9.88. The van der Waals surface area contributed by atoms with E-state index in [2.05, 4.69) is 21.7 Å². The number of para-hydroxylation sites is 1. The first-order valence-electron chi connectivity index (χ1n) is 12.1. The summed E-state index contributed by atoms with van der Waals surface area (Å²) in [6.45, 7) is 9.68. The molecule has 2 aromatic carbocycles. The first-order chi connectivity index (χ1) is 17.1. The van der Waals surface area contributed by atoms with E-state index >= 15 is 0 Å². The highest BCUT2D eigenvalue weighted by atomic mass is 32.1. The van der Waals surface area contributed by atoms with Gasteiger partial charge in [0.05, 0.1) is 4.88 Å². The molecular formula is C28H35N3O4S. The van der Waals surface area contributed by atoms with Crippen LogP contribution in [0, 0.1) is 12.3 Å². The van der Waals surface area contributed by atoms with Crippen molar-refractivity contribution in [2.24, 2.45) is 5.41 Å². The molecule has 0 aliphatic heterocycles. The number of anilines is 1. The lowest BCUT2D eigenvalue weighted by Crippen LogP contribution is -2.50. The number of nitrogens with zero attached hydrogens (tertiary/aromatic N) is 1. The average Bonchev–Trinajstić information content (AvgIpc) is 3.30. The van der Waals surface area contributed by atoms with Crippen molar-refractivity contribution in [1.82, 2.24) is 10.3 Å². The number of thiazole rings is 1. The van der Waals surface area contributed by atoms with E-state index in [1.165, 1.54) is 11.3 Å². The average molecular weight is 510 g/mol. The summed E-state index contributed by atoms with van der Waals surface area (Å²) >= 11 is 1.36. The first-order valence-corrected chi connectivity index (χ1v) is 12.9. The van der Waals surface area contributed by atoms with Crippen LogP contribution in [0.4, 0.5) is 5.13 Å². The van der Waals surface area contributed by atoms with Crippen LogP contribution in [0.5, 0.6) is 5.75 Å². The summed E-state index contributed by atoms with van der Waals surface area (Å²) in [7, 11) is 0. The molecule has 0 radical (unpaired) electrons. The highest BCUT2D eigenvalue weighted by Crippen LogP contribution is 2.33. The van der Waals surface area contributed by atoms with Crippen LogP contribution >= 0.6 is 11.3 Å². The summed E-state index contributed by atoms with van der Waals surface area (Å²) in [4.78, 5) is 30.8. The lowest BCUT2D eigenvalue weighted by Gasteiger charge is -2.26. The number of carbonyl (C=O) groups is 2. The number of nitrogens with one attached hydrogen (secondary N) is 2. The summed E-state index contributed by atoms with van der Waals surface area (Å²) in [6, 6.07) is 15.0. The third kappa shape index (κ3) is 7.38. The van der Waals surface area contributed by atoms with Crippen molar-refractivity contribution in [3.8, 4) is 16.2 Å². The normalized spacial score (nSPS) is 13.1. The van der Waals surface area contributed by atoms with Crippen LogP contribution in [0.25, 0.3) is 10.4 Å². The second-order valence-corrected chi connectivity index (χ2v) is 10.9. The molecule has 0 unspecified atom stereocenters. The Bertz CT molecular complexity index is 1170. The van der Waals surface area contributed by atoms with Gasteiger partial charge in [-0.1, -0.05) is 87.4 Å². The van der Waals surface area contributed by atoms with Crippen molar-refractivity contribution in [3.05, 3.63) is 65.9 Å². The molecular weight excluding hydrogens is 474 g/mol. The Morgan fingerprint density at radius 1 is 1.11 bits per heavy atom. The van der Waals surface area contributed by atoms with Gasteiger partial charge in [0.2, 0.25) is 11.8 Å². The third-order valence-electron chi connectivity index (χ3n) is 5.68. The van der Waals surface area contributed by atoms with Gasteiger partial charge in [-0.15, -0.1) is 0 Å². The Morgan fingerprint density at radius 3 is 2.50 bits per heavy atom. The monoisotopic (exact) mass is 509 g/mol. The summed E-state index contributed by atoms with van der Waals surface area (Å²) in [5.74, 6) is -0.121. The predicted octanol–water partition coefficient (Wildman–Crippen LogP) is 5.33. The van der Waals surface area contributed by atoms with E-state index in [9.17, 15) is 14.7 Å². The maximum Gasteiger partial charge on any atom is 0.250 e. The van der Waals surface area contributed by atoms with E-state index in [1.807, 2.05) is 56.3 Å². The van der Waals surface area contributed by atoms with E-state index in [4.69, 9.17) is 4.74 Å². The smallest absolute Gasteiger partial charge is 0.250 e. The number of rotatable bonds is 10. The fourth-order valence-electron chi connectivity index (χ4n) is 3.57. The number of aromatic nitrogens is 1. The Labute approximate surface area is 216 Å². The van der Waals surface area contributed by atoms with Crippen LogP contribution in [-0.2, 0) is 16.2 Å². The standard InChI is InChI=1S/C28H35N3O4S/c1-6-10-22(30-26(34)24(32)28(3,4)5)25(33)31-27-29-16-23(36-27)21-15-18(2)13-14-19(21)17-35-20-11-8-7-9-12-20/h7-9,11-16,22,24,32H,6,10,17H2,1-5H3,(H,30,34)(H,29,31,33)/t22-,24+/m0/s1. The number of aliphatic hydroxyl groups is 1. The van der Waals surface area contributed by atoms with Crippen LogP contribution in [0.3, 0.4) is 0 Å². The third-order valence-corrected chi connectivity index (χ3v) is 6.63. The van der Waals surface area contributed by atoms with Gasteiger partial charge in [-0.25, -0.2) is 4.98 Å². The van der Waals surface area contributed by atoms with Crippen molar-refractivity contribution in [2.45, 2.75) is 66.2 Å². The van der Waals surface area contributed by atoms with Gasteiger partial charge in [-0.05, 0) is 36.5 Å². The molecule has 2 amide bonds. The van der Waals surface area contributed by atoms with Crippen LogP contribution in [-0.4, -0.2) is 34.1 Å². The van der Waals surface area contributed by atoms with Crippen molar-refractivity contribution in [2.75, 3.05) is 5.32 Å². The minimum atomic E-state index is -1.21. The molecule has 0 spiro atoms. The van der Waals surface area contributed by atoms with E-state index in [0.29, 0.717) is 24.6 Å². The molecule has 3 aromatic rings. The van der Waals surface area contributed by atoms with Gasteiger partial charge in [0, 0.05) is 11.8 Å².